The van der Waals surface area contributed by atoms with Crippen LogP contribution in [0.3, 0.4) is 0 Å². The first-order valence-electron chi connectivity index (χ1n) is 7.99. The van der Waals surface area contributed by atoms with E-state index in [0.29, 0.717) is 0 Å². The zero-order valence-corrected chi connectivity index (χ0v) is 17.4. The molecule has 1 aromatic rings. The minimum atomic E-state index is -0.161. The molecular formula is C17H27ClIN3O2. The van der Waals surface area contributed by atoms with E-state index in [0.717, 1.165) is 56.5 Å². The normalized spacial score (nSPS) is 17.0. The molecule has 1 aliphatic heterocycles. The fourth-order valence-corrected chi connectivity index (χ4v) is 2.76. The van der Waals surface area contributed by atoms with Crippen LogP contribution in [0.4, 0.5) is 0 Å². The molecule has 0 unspecified atom stereocenters. The average molecular weight is 468 g/mol. The lowest BCUT2D eigenvalue weighted by Gasteiger charge is -2.36. The number of methoxy groups -OCH3 is 1. The van der Waals surface area contributed by atoms with Gasteiger partial charge >= 0.3 is 0 Å². The van der Waals surface area contributed by atoms with Gasteiger partial charge in [0.2, 0.25) is 0 Å². The van der Waals surface area contributed by atoms with E-state index in [2.05, 4.69) is 15.6 Å². The van der Waals surface area contributed by atoms with Crippen LogP contribution in [0.25, 0.3) is 0 Å². The maximum absolute atomic E-state index is 5.89. The molecule has 1 aromatic carbocycles. The van der Waals surface area contributed by atoms with Crippen LogP contribution in [0, 0.1) is 0 Å². The van der Waals surface area contributed by atoms with Gasteiger partial charge < -0.3 is 20.1 Å². The molecule has 2 rings (SSSR count). The van der Waals surface area contributed by atoms with Crippen LogP contribution in [0.1, 0.15) is 18.4 Å². The van der Waals surface area contributed by atoms with Crippen molar-refractivity contribution in [1.82, 2.24) is 10.6 Å². The van der Waals surface area contributed by atoms with E-state index in [-0.39, 0.29) is 29.6 Å². The number of aliphatic imine (C=N–C) groups is 1. The van der Waals surface area contributed by atoms with Crippen LogP contribution in [0.5, 0.6) is 0 Å². The van der Waals surface area contributed by atoms with Gasteiger partial charge in [0.15, 0.2) is 5.96 Å². The lowest BCUT2D eigenvalue weighted by atomic mass is 9.94. The highest BCUT2D eigenvalue weighted by molar-refractivity contribution is 14.0. The lowest BCUT2D eigenvalue weighted by molar-refractivity contribution is -0.0855. The Hall–Kier alpha value is -0.570. The highest BCUT2D eigenvalue weighted by Gasteiger charge is 2.32. The number of ether oxygens (including phenoxy) is 2. The smallest absolute Gasteiger partial charge is 0.191 e. The van der Waals surface area contributed by atoms with Crippen molar-refractivity contribution in [1.29, 1.82) is 0 Å². The average Bonchev–Trinajstić information content (AvgIpc) is 2.60. The summed E-state index contributed by atoms with van der Waals surface area (Å²) in [5.74, 6) is 0.793. The highest BCUT2D eigenvalue weighted by atomic mass is 127. The molecule has 1 aliphatic rings. The van der Waals surface area contributed by atoms with E-state index in [9.17, 15) is 0 Å². The third-order valence-electron chi connectivity index (χ3n) is 4.26. The lowest BCUT2D eigenvalue weighted by Crippen LogP contribution is -2.51. The van der Waals surface area contributed by atoms with Crippen molar-refractivity contribution in [3.05, 3.63) is 34.9 Å². The van der Waals surface area contributed by atoms with Crippen molar-refractivity contribution in [2.45, 2.75) is 24.9 Å². The third-order valence-corrected chi connectivity index (χ3v) is 4.51. The summed E-state index contributed by atoms with van der Waals surface area (Å²) in [6.45, 7) is 3.04. The summed E-state index contributed by atoms with van der Waals surface area (Å²) in [5, 5.41) is 7.46. The molecule has 0 saturated carbocycles. The highest BCUT2D eigenvalue weighted by Crippen LogP contribution is 2.23. The number of hydrogen-bond acceptors (Lipinski definition) is 3. The molecule has 1 heterocycles. The van der Waals surface area contributed by atoms with Gasteiger partial charge in [-0.1, -0.05) is 23.7 Å². The zero-order chi connectivity index (χ0) is 16.5. The Balaban J connectivity index is 0.00000288. The van der Waals surface area contributed by atoms with Gasteiger partial charge in [-0.25, -0.2) is 0 Å². The summed E-state index contributed by atoms with van der Waals surface area (Å²) in [5.41, 5.74) is 1.08. The van der Waals surface area contributed by atoms with Gasteiger partial charge in [0.05, 0.1) is 5.60 Å². The number of rotatable bonds is 6. The summed E-state index contributed by atoms with van der Waals surface area (Å²) in [4.78, 5) is 4.27. The molecule has 1 saturated heterocycles. The molecular weight excluding hydrogens is 441 g/mol. The summed E-state index contributed by atoms with van der Waals surface area (Å²) in [7, 11) is 3.55. The molecule has 0 bridgehead atoms. The van der Waals surface area contributed by atoms with Gasteiger partial charge in [-0.15, -0.1) is 24.0 Å². The van der Waals surface area contributed by atoms with Gasteiger partial charge in [-0.2, -0.15) is 0 Å². The molecule has 0 amide bonds. The number of nitrogens with one attached hydrogen (secondary N) is 2. The van der Waals surface area contributed by atoms with Crippen LogP contribution in [-0.2, 0) is 15.9 Å². The first-order valence-corrected chi connectivity index (χ1v) is 8.37. The van der Waals surface area contributed by atoms with Gasteiger partial charge in [-0.05, 0) is 24.1 Å². The van der Waals surface area contributed by atoms with Crippen molar-refractivity contribution in [3.63, 3.8) is 0 Å². The molecule has 0 aromatic heterocycles. The monoisotopic (exact) mass is 467 g/mol. The van der Waals surface area contributed by atoms with Crippen LogP contribution < -0.4 is 10.6 Å². The molecule has 0 radical (unpaired) electrons. The second kappa shape index (κ2) is 11.1. The summed E-state index contributed by atoms with van der Waals surface area (Å²) < 4.78 is 11.1. The molecule has 5 nitrogen and oxygen atoms in total. The van der Waals surface area contributed by atoms with Crippen LogP contribution in [-0.4, -0.2) is 52.0 Å². The SMILES string of the molecule is CN=C(NCCc1ccc(Cl)cc1)NCC1(OC)CCOCC1.I. The standard InChI is InChI=1S/C17H26ClN3O2.HI/c1-19-16(20-10-7-14-3-5-15(18)6-4-14)21-13-17(22-2)8-11-23-12-9-17;/h3-6H,7-13H2,1-2H3,(H2,19,20,21);1H. The third kappa shape index (κ3) is 6.74. The number of guanidine groups is 1. The van der Waals surface area contributed by atoms with E-state index in [1.54, 1.807) is 14.2 Å². The fourth-order valence-electron chi connectivity index (χ4n) is 2.64. The van der Waals surface area contributed by atoms with E-state index < -0.39 is 0 Å². The molecule has 136 valence electrons. The van der Waals surface area contributed by atoms with E-state index in [1.165, 1.54) is 5.56 Å². The maximum atomic E-state index is 5.89. The summed E-state index contributed by atoms with van der Waals surface area (Å²) >= 11 is 5.89. The Morgan fingerprint density at radius 3 is 2.50 bits per heavy atom. The van der Waals surface area contributed by atoms with Crippen molar-refractivity contribution >= 4 is 41.5 Å². The Labute approximate surface area is 166 Å². The van der Waals surface area contributed by atoms with Crippen molar-refractivity contribution in [2.24, 2.45) is 4.99 Å². The van der Waals surface area contributed by atoms with Crippen molar-refractivity contribution in [2.75, 3.05) is 40.5 Å². The van der Waals surface area contributed by atoms with Gasteiger partial charge in [0.1, 0.15) is 0 Å². The molecule has 7 heteroatoms. The van der Waals surface area contributed by atoms with Gasteiger partial charge in [0.25, 0.3) is 0 Å². The summed E-state index contributed by atoms with van der Waals surface area (Å²) in [6, 6.07) is 7.92. The van der Waals surface area contributed by atoms with Gasteiger partial charge in [-0.3, -0.25) is 4.99 Å². The second-order valence-corrected chi connectivity index (χ2v) is 6.16. The minimum absolute atomic E-state index is 0. The van der Waals surface area contributed by atoms with E-state index in [1.807, 2.05) is 24.3 Å². The number of benzene rings is 1. The van der Waals surface area contributed by atoms with E-state index >= 15 is 0 Å². The second-order valence-electron chi connectivity index (χ2n) is 5.73. The number of hydrogen-bond donors (Lipinski definition) is 2. The quantitative estimate of drug-likeness (QED) is 0.384. The first kappa shape index (κ1) is 21.5. The molecule has 24 heavy (non-hydrogen) atoms. The van der Waals surface area contributed by atoms with Crippen LogP contribution >= 0.6 is 35.6 Å². The number of nitrogens with zero attached hydrogens (tertiary/aromatic N) is 1. The van der Waals surface area contributed by atoms with E-state index in [4.69, 9.17) is 21.1 Å². The Kier molecular flexibility index (Phi) is 9.95. The molecule has 0 aliphatic carbocycles. The molecule has 2 N–H and O–H groups in total. The Morgan fingerprint density at radius 1 is 1.25 bits per heavy atom. The molecule has 0 spiro atoms. The van der Waals surface area contributed by atoms with Crippen LogP contribution in [0.2, 0.25) is 5.02 Å². The van der Waals surface area contributed by atoms with Crippen molar-refractivity contribution in [3.8, 4) is 0 Å². The first-order chi connectivity index (χ1) is 11.2. The number of halogens is 2. The minimum Gasteiger partial charge on any atom is -0.381 e. The van der Waals surface area contributed by atoms with Crippen molar-refractivity contribution < 1.29 is 9.47 Å². The maximum Gasteiger partial charge on any atom is 0.191 e. The predicted octanol–water partition coefficient (Wildman–Crippen LogP) is 2.86. The van der Waals surface area contributed by atoms with Crippen LogP contribution in [0.15, 0.2) is 29.3 Å². The fraction of sp³-hybridized carbons (Fsp3) is 0.588. The van der Waals surface area contributed by atoms with Gasteiger partial charge in [0, 0.05) is 58.3 Å². The molecule has 0 atom stereocenters. The topological polar surface area (TPSA) is 54.9 Å². The zero-order valence-electron chi connectivity index (χ0n) is 14.3. The Bertz CT molecular complexity index is 505. The molecule has 1 fully saturated rings. The largest absolute Gasteiger partial charge is 0.381 e. The predicted molar refractivity (Wildman–Crippen MR) is 110 cm³/mol. The Morgan fingerprint density at radius 2 is 1.92 bits per heavy atom. The summed E-state index contributed by atoms with van der Waals surface area (Å²) in [6.07, 6.45) is 2.72.